The highest BCUT2D eigenvalue weighted by Crippen LogP contribution is 2.34. The summed E-state index contributed by atoms with van der Waals surface area (Å²) in [6, 6.07) is 5.33. The number of benzene rings is 1. The molecule has 7 nitrogen and oxygen atoms in total. The molecule has 2 rings (SSSR count). The second-order valence-electron chi connectivity index (χ2n) is 6.56. The van der Waals surface area contributed by atoms with E-state index in [0.29, 0.717) is 38.3 Å². The van der Waals surface area contributed by atoms with E-state index >= 15 is 0 Å². The van der Waals surface area contributed by atoms with Crippen molar-refractivity contribution >= 4 is 17.5 Å². The molecule has 1 aromatic rings. The maximum absolute atomic E-state index is 12.2. The summed E-state index contributed by atoms with van der Waals surface area (Å²) in [5.41, 5.74) is 1.43. The molecule has 0 fully saturated rings. The van der Waals surface area contributed by atoms with Gasteiger partial charge in [-0.2, -0.15) is 0 Å². The number of nitrogens with one attached hydrogen (secondary N) is 1. The molecule has 0 saturated carbocycles. The first kappa shape index (κ1) is 20.0. The topological polar surface area (TPSA) is 71.1 Å². The molecule has 0 unspecified atom stereocenters. The summed E-state index contributed by atoms with van der Waals surface area (Å²) >= 11 is 0. The molecule has 0 aliphatic carbocycles. The first-order valence-corrected chi connectivity index (χ1v) is 8.99. The van der Waals surface area contributed by atoms with E-state index in [9.17, 15) is 9.59 Å². The molecule has 0 bridgehead atoms. The number of amides is 2. The molecule has 1 heterocycles. The van der Waals surface area contributed by atoms with Gasteiger partial charge in [0.1, 0.15) is 12.4 Å². The number of fused-ring (bicyclic) bond motifs is 1. The Labute approximate surface area is 155 Å². The fourth-order valence-corrected chi connectivity index (χ4v) is 2.83. The Morgan fingerprint density at radius 3 is 2.85 bits per heavy atom. The molecule has 1 N–H and O–H groups in total. The number of likely N-dealkylation sites (N-methyl/N-ethyl adjacent to an activating group) is 1. The van der Waals surface area contributed by atoms with Crippen LogP contribution in [0.4, 0.5) is 5.69 Å². The van der Waals surface area contributed by atoms with Gasteiger partial charge in [-0.05, 0) is 31.5 Å². The minimum Gasteiger partial charge on any atom is -0.489 e. The van der Waals surface area contributed by atoms with Crippen molar-refractivity contribution in [3.05, 3.63) is 23.8 Å². The summed E-state index contributed by atoms with van der Waals surface area (Å²) in [7, 11) is 5.37. The third kappa shape index (κ3) is 5.11. The summed E-state index contributed by atoms with van der Waals surface area (Å²) in [5.74, 6) is 0.664. The average Bonchev–Trinajstić information content (AvgIpc) is 2.63. The van der Waals surface area contributed by atoms with E-state index in [-0.39, 0.29) is 17.9 Å². The predicted octanol–water partition coefficient (Wildman–Crippen LogP) is 1.52. The quantitative estimate of drug-likeness (QED) is 0.709. The number of hydrogen-bond acceptors (Lipinski definition) is 5. The van der Waals surface area contributed by atoms with Gasteiger partial charge in [0, 0.05) is 46.5 Å². The summed E-state index contributed by atoms with van der Waals surface area (Å²) in [5, 5.41) is 2.92. The number of anilines is 1. The van der Waals surface area contributed by atoms with Gasteiger partial charge in [-0.1, -0.05) is 0 Å². The standard InChI is InChI=1S/C19H29N3O4/c1-5-25-10-6-9-20-18(23)12-15-13-26-17-8-7-14(19(24)21(2)3)11-16(17)22(15)4/h7-8,11,15H,5-6,9-10,12-13H2,1-4H3,(H,20,23)/t15-/m1/s1. The molecule has 2 amide bonds. The molecule has 144 valence electrons. The van der Waals surface area contributed by atoms with Crippen LogP contribution in [0.25, 0.3) is 0 Å². The van der Waals surface area contributed by atoms with Crippen LogP contribution in [0.2, 0.25) is 0 Å². The Bertz CT molecular complexity index is 633. The highest BCUT2D eigenvalue weighted by Gasteiger charge is 2.27. The van der Waals surface area contributed by atoms with E-state index in [0.717, 1.165) is 17.9 Å². The molecule has 0 spiro atoms. The Kier molecular flexibility index (Phi) is 7.26. The summed E-state index contributed by atoms with van der Waals surface area (Å²) in [6.45, 7) is 4.34. The smallest absolute Gasteiger partial charge is 0.253 e. The molecule has 0 saturated heterocycles. The van der Waals surface area contributed by atoms with Crippen LogP contribution in [0.15, 0.2) is 18.2 Å². The number of nitrogens with zero attached hydrogens (tertiary/aromatic N) is 2. The van der Waals surface area contributed by atoms with Crippen LogP contribution in [-0.4, -0.2) is 70.3 Å². The molecule has 7 heteroatoms. The van der Waals surface area contributed by atoms with Gasteiger partial charge in [-0.25, -0.2) is 0 Å². The fourth-order valence-electron chi connectivity index (χ4n) is 2.83. The van der Waals surface area contributed by atoms with Crippen LogP contribution in [0.5, 0.6) is 5.75 Å². The predicted molar refractivity (Wildman–Crippen MR) is 101 cm³/mol. The van der Waals surface area contributed by atoms with Crippen LogP contribution in [-0.2, 0) is 9.53 Å². The lowest BCUT2D eigenvalue weighted by atomic mass is 10.1. The third-order valence-electron chi connectivity index (χ3n) is 4.38. The maximum Gasteiger partial charge on any atom is 0.253 e. The van der Waals surface area contributed by atoms with Gasteiger partial charge >= 0.3 is 0 Å². The molecule has 0 radical (unpaired) electrons. The third-order valence-corrected chi connectivity index (χ3v) is 4.38. The normalized spacial score (nSPS) is 15.8. The van der Waals surface area contributed by atoms with Gasteiger partial charge < -0.3 is 24.6 Å². The minimum absolute atomic E-state index is 0.00841. The van der Waals surface area contributed by atoms with Crippen molar-refractivity contribution in [1.29, 1.82) is 0 Å². The van der Waals surface area contributed by atoms with E-state index < -0.39 is 0 Å². The van der Waals surface area contributed by atoms with Crippen LogP contribution in [0.1, 0.15) is 30.1 Å². The lowest BCUT2D eigenvalue weighted by Gasteiger charge is -2.35. The van der Waals surface area contributed by atoms with Gasteiger partial charge in [0.25, 0.3) is 5.91 Å². The number of carbonyl (C=O) groups excluding carboxylic acids is 2. The molecule has 1 aromatic carbocycles. The summed E-state index contributed by atoms with van der Waals surface area (Å²) < 4.78 is 11.1. The van der Waals surface area contributed by atoms with E-state index in [4.69, 9.17) is 9.47 Å². The van der Waals surface area contributed by atoms with E-state index in [1.54, 1.807) is 25.1 Å². The Hall–Kier alpha value is -2.28. The number of ether oxygens (including phenoxy) is 2. The van der Waals surface area contributed by atoms with Gasteiger partial charge in [0.15, 0.2) is 0 Å². The van der Waals surface area contributed by atoms with Crippen molar-refractivity contribution in [3.63, 3.8) is 0 Å². The van der Waals surface area contributed by atoms with E-state index in [1.807, 2.05) is 31.0 Å². The van der Waals surface area contributed by atoms with Crippen LogP contribution >= 0.6 is 0 Å². The highest BCUT2D eigenvalue weighted by molar-refractivity contribution is 5.95. The van der Waals surface area contributed by atoms with Gasteiger partial charge in [0.2, 0.25) is 5.91 Å². The van der Waals surface area contributed by atoms with Crippen molar-refractivity contribution < 1.29 is 19.1 Å². The van der Waals surface area contributed by atoms with Crippen molar-refractivity contribution in [3.8, 4) is 5.75 Å². The highest BCUT2D eigenvalue weighted by atomic mass is 16.5. The molecular formula is C19H29N3O4. The number of hydrogen-bond donors (Lipinski definition) is 1. The first-order chi connectivity index (χ1) is 12.4. The monoisotopic (exact) mass is 363 g/mol. The molecule has 0 aromatic heterocycles. The SMILES string of the molecule is CCOCCCNC(=O)C[C@@H]1COc2ccc(C(=O)N(C)C)cc2N1C. The van der Waals surface area contributed by atoms with Crippen molar-refractivity contribution in [2.75, 3.05) is 52.4 Å². The average molecular weight is 363 g/mol. The molecule has 1 aliphatic rings. The van der Waals surface area contributed by atoms with Crippen molar-refractivity contribution in [2.24, 2.45) is 0 Å². The molecule has 1 atom stereocenters. The lowest BCUT2D eigenvalue weighted by molar-refractivity contribution is -0.121. The Morgan fingerprint density at radius 1 is 1.38 bits per heavy atom. The van der Waals surface area contributed by atoms with Crippen LogP contribution in [0, 0.1) is 0 Å². The summed E-state index contributed by atoms with van der Waals surface area (Å²) in [4.78, 5) is 27.9. The second-order valence-corrected chi connectivity index (χ2v) is 6.56. The number of carbonyl (C=O) groups is 2. The zero-order chi connectivity index (χ0) is 19.1. The van der Waals surface area contributed by atoms with Gasteiger partial charge in [-0.3, -0.25) is 9.59 Å². The minimum atomic E-state index is -0.0703. The van der Waals surface area contributed by atoms with Crippen molar-refractivity contribution in [1.82, 2.24) is 10.2 Å². The van der Waals surface area contributed by atoms with E-state index in [2.05, 4.69) is 5.32 Å². The van der Waals surface area contributed by atoms with Crippen LogP contribution in [0.3, 0.4) is 0 Å². The molecular weight excluding hydrogens is 334 g/mol. The zero-order valence-corrected chi connectivity index (χ0v) is 16.1. The Morgan fingerprint density at radius 2 is 2.15 bits per heavy atom. The largest absolute Gasteiger partial charge is 0.489 e. The van der Waals surface area contributed by atoms with Crippen LogP contribution < -0.4 is 15.0 Å². The molecule has 26 heavy (non-hydrogen) atoms. The second kappa shape index (κ2) is 9.43. The molecule has 1 aliphatic heterocycles. The zero-order valence-electron chi connectivity index (χ0n) is 16.1. The summed E-state index contributed by atoms with van der Waals surface area (Å²) in [6.07, 6.45) is 1.14. The number of rotatable bonds is 8. The fraction of sp³-hybridized carbons (Fsp3) is 0.579. The Balaban J connectivity index is 1.95. The van der Waals surface area contributed by atoms with Crippen molar-refractivity contribution in [2.45, 2.75) is 25.8 Å². The first-order valence-electron chi connectivity index (χ1n) is 8.99. The van der Waals surface area contributed by atoms with Gasteiger partial charge in [0.05, 0.1) is 18.2 Å². The maximum atomic E-state index is 12.2. The lowest BCUT2D eigenvalue weighted by Crippen LogP contribution is -2.44. The van der Waals surface area contributed by atoms with Gasteiger partial charge in [-0.15, -0.1) is 0 Å². The van der Waals surface area contributed by atoms with E-state index in [1.165, 1.54) is 0 Å².